The molecule has 0 saturated heterocycles. The third kappa shape index (κ3) is 2.70. The molecule has 0 bridgehead atoms. The smallest absolute Gasteiger partial charge is 0.262 e. The first-order valence-corrected chi connectivity index (χ1v) is 7.28. The number of carbonyl (C=O) groups is 1. The summed E-state index contributed by atoms with van der Waals surface area (Å²) in [6.45, 7) is 0.825. The fourth-order valence-corrected chi connectivity index (χ4v) is 2.77. The number of thiophene rings is 1. The number of benzene rings is 1. The van der Waals surface area contributed by atoms with Gasteiger partial charge in [0.15, 0.2) is 6.61 Å². The number of fused-ring (bicyclic) bond motifs is 1. The molecule has 1 aromatic heterocycles. The van der Waals surface area contributed by atoms with Crippen LogP contribution in [0.3, 0.4) is 0 Å². The first-order chi connectivity index (χ1) is 9.72. The van der Waals surface area contributed by atoms with E-state index in [1.807, 2.05) is 6.07 Å². The van der Waals surface area contributed by atoms with Crippen LogP contribution in [0.4, 0.5) is 17.1 Å². The number of rotatable bonds is 4. The lowest BCUT2D eigenvalue weighted by molar-refractivity contribution is -0.118. The Morgan fingerprint density at radius 3 is 3.15 bits per heavy atom. The van der Waals surface area contributed by atoms with E-state index in [-0.39, 0.29) is 12.5 Å². The number of hydrogen-bond donors (Lipinski definition) is 3. The second kappa shape index (κ2) is 5.42. The number of nitrogen functional groups attached to an aromatic ring is 1. The highest BCUT2D eigenvalue weighted by molar-refractivity contribution is 7.07. The van der Waals surface area contributed by atoms with Crippen LogP contribution in [0.1, 0.15) is 5.56 Å². The van der Waals surface area contributed by atoms with E-state index < -0.39 is 0 Å². The minimum absolute atomic E-state index is 0.0391. The summed E-state index contributed by atoms with van der Waals surface area (Å²) in [5.74, 6) is 0.469. The van der Waals surface area contributed by atoms with E-state index in [4.69, 9.17) is 10.5 Å². The average Bonchev–Trinajstić information content (AvgIpc) is 2.93. The average molecular weight is 289 g/mol. The van der Waals surface area contributed by atoms with Crippen molar-refractivity contribution in [2.75, 3.05) is 29.5 Å². The number of amides is 1. The van der Waals surface area contributed by atoms with Gasteiger partial charge in [0.2, 0.25) is 0 Å². The van der Waals surface area contributed by atoms with Crippen LogP contribution in [-0.4, -0.2) is 19.1 Å². The molecule has 1 amide bonds. The van der Waals surface area contributed by atoms with Crippen molar-refractivity contribution in [3.8, 4) is 5.75 Å². The molecule has 0 spiro atoms. The number of nitrogens with two attached hydrogens (primary N) is 1. The zero-order valence-corrected chi connectivity index (χ0v) is 11.6. The summed E-state index contributed by atoms with van der Waals surface area (Å²) in [5.41, 5.74) is 9.37. The summed E-state index contributed by atoms with van der Waals surface area (Å²) in [5, 5.41) is 10.3. The van der Waals surface area contributed by atoms with Crippen LogP contribution in [0.2, 0.25) is 0 Å². The van der Waals surface area contributed by atoms with Gasteiger partial charge < -0.3 is 21.1 Å². The zero-order valence-electron chi connectivity index (χ0n) is 10.8. The second-order valence-electron chi connectivity index (χ2n) is 4.58. The molecule has 0 atom stereocenters. The minimum Gasteiger partial charge on any atom is -0.482 e. The highest BCUT2D eigenvalue weighted by atomic mass is 32.1. The molecule has 104 valence electrons. The van der Waals surface area contributed by atoms with Crippen LogP contribution in [0.15, 0.2) is 29.0 Å². The van der Waals surface area contributed by atoms with Gasteiger partial charge in [-0.25, -0.2) is 0 Å². The second-order valence-corrected chi connectivity index (χ2v) is 5.36. The number of anilines is 3. The maximum atomic E-state index is 11.3. The van der Waals surface area contributed by atoms with E-state index in [1.54, 1.807) is 17.4 Å². The Bertz CT molecular complexity index is 626. The number of nitrogens with one attached hydrogen (secondary N) is 2. The molecule has 1 aliphatic rings. The summed E-state index contributed by atoms with van der Waals surface area (Å²) in [4.78, 5) is 11.3. The predicted molar refractivity (Wildman–Crippen MR) is 81.5 cm³/mol. The van der Waals surface area contributed by atoms with Gasteiger partial charge in [0, 0.05) is 12.6 Å². The number of ether oxygens (including phenoxy) is 1. The van der Waals surface area contributed by atoms with Crippen LogP contribution in [-0.2, 0) is 11.2 Å². The Morgan fingerprint density at radius 2 is 2.35 bits per heavy atom. The number of hydrogen-bond acceptors (Lipinski definition) is 5. The minimum atomic E-state index is -0.147. The highest BCUT2D eigenvalue weighted by Gasteiger charge is 2.17. The van der Waals surface area contributed by atoms with E-state index in [9.17, 15) is 4.79 Å². The molecule has 0 aliphatic carbocycles. The fraction of sp³-hybridized carbons (Fsp3) is 0.214. The van der Waals surface area contributed by atoms with E-state index in [0.717, 1.165) is 18.7 Å². The van der Waals surface area contributed by atoms with Crippen LogP contribution in [0.5, 0.6) is 5.75 Å². The summed E-state index contributed by atoms with van der Waals surface area (Å²) < 4.78 is 5.32. The predicted octanol–water partition coefficient (Wildman–Crippen LogP) is 2.32. The van der Waals surface area contributed by atoms with Crippen molar-refractivity contribution in [3.63, 3.8) is 0 Å². The summed E-state index contributed by atoms with van der Waals surface area (Å²) in [7, 11) is 0. The van der Waals surface area contributed by atoms with E-state index in [0.29, 0.717) is 17.1 Å². The standard InChI is InChI=1S/C14H15N3O2S/c15-10-5-13-12(17-14(18)7-19-13)6-11(10)16-3-1-9-2-4-20-8-9/h2,4-6,8,16H,1,3,7,15H2,(H,17,18). The Hall–Kier alpha value is -2.21. The molecule has 4 N–H and O–H groups in total. The maximum Gasteiger partial charge on any atom is 0.262 e. The zero-order chi connectivity index (χ0) is 13.9. The Kier molecular flexibility index (Phi) is 3.47. The van der Waals surface area contributed by atoms with Gasteiger partial charge in [-0.1, -0.05) is 0 Å². The monoisotopic (exact) mass is 289 g/mol. The van der Waals surface area contributed by atoms with E-state index in [2.05, 4.69) is 27.5 Å². The lowest BCUT2D eigenvalue weighted by Gasteiger charge is -2.20. The van der Waals surface area contributed by atoms with Crippen LogP contribution in [0.25, 0.3) is 0 Å². The molecule has 1 aromatic carbocycles. The number of carbonyl (C=O) groups excluding carboxylic acids is 1. The SMILES string of the molecule is Nc1cc2c(cc1NCCc1ccsc1)NC(=O)CO2. The summed E-state index contributed by atoms with van der Waals surface area (Å²) in [6, 6.07) is 5.66. The molecule has 6 heteroatoms. The fourth-order valence-electron chi connectivity index (χ4n) is 2.07. The van der Waals surface area contributed by atoms with Crippen molar-refractivity contribution in [2.45, 2.75) is 6.42 Å². The van der Waals surface area contributed by atoms with Crippen LogP contribution in [0, 0.1) is 0 Å². The molecular weight excluding hydrogens is 274 g/mol. The third-order valence-corrected chi connectivity index (χ3v) is 3.83. The lowest BCUT2D eigenvalue weighted by atomic mass is 10.2. The van der Waals surface area contributed by atoms with Gasteiger partial charge in [-0.05, 0) is 34.9 Å². The molecule has 5 nitrogen and oxygen atoms in total. The van der Waals surface area contributed by atoms with Gasteiger partial charge in [0.25, 0.3) is 5.91 Å². The molecule has 1 aliphatic heterocycles. The van der Waals surface area contributed by atoms with Crippen LogP contribution < -0.4 is 21.1 Å². The van der Waals surface area contributed by atoms with Crippen molar-refractivity contribution in [1.82, 2.24) is 0 Å². The third-order valence-electron chi connectivity index (χ3n) is 3.09. The van der Waals surface area contributed by atoms with Gasteiger partial charge >= 0.3 is 0 Å². The van der Waals surface area contributed by atoms with Crippen molar-refractivity contribution < 1.29 is 9.53 Å². The Balaban J connectivity index is 1.69. The first kappa shape index (κ1) is 12.8. The molecule has 20 heavy (non-hydrogen) atoms. The molecule has 0 unspecified atom stereocenters. The Morgan fingerprint density at radius 1 is 1.45 bits per heavy atom. The quantitative estimate of drug-likeness (QED) is 0.755. The molecule has 0 fully saturated rings. The topological polar surface area (TPSA) is 76.4 Å². The molecule has 2 heterocycles. The van der Waals surface area contributed by atoms with Crippen molar-refractivity contribution >= 4 is 34.3 Å². The summed E-state index contributed by atoms with van der Waals surface area (Å²) in [6.07, 6.45) is 0.933. The Labute approximate surface area is 120 Å². The van der Waals surface area contributed by atoms with E-state index in [1.165, 1.54) is 5.56 Å². The lowest BCUT2D eigenvalue weighted by Crippen LogP contribution is -2.25. The normalized spacial score (nSPS) is 13.3. The maximum absolute atomic E-state index is 11.3. The largest absolute Gasteiger partial charge is 0.482 e. The van der Waals surface area contributed by atoms with Crippen molar-refractivity contribution in [1.29, 1.82) is 0 Å². The van der Waals surface area contributed by atoms with Gasteiger partial charge in [0.05, 0.1) is 17.1 Å². The molecule has 3 rings (SSSR count). The molecule has 0 saturated carbocycles. The van der Waals surface area contributed by atoms with Crippen LogP contribution >= 0.6 is 11.3 Å². The molecule has 2 aromatic rings. The first-order valence-electron chi connectivity index (χ1n) is 6.33. The molecular formula is C14H15N3O2S. The van der Waals surface area contributed by atoms with Gasteiger partial charge in [-0.15, -0.1) is 0 Å². The van der Waals surface area contributed by atoms with Crippen molar-refractivity contribution in [3.05, 3.63) is 34.5 Å². The van der Waals surface area contributed by atoms with Gasteiger partial charge in [-0.2, -0.15) is 11.3 Å². The van der Waals surface area contributed by atoms with Gasteiger partial charge in [-0.3, -0.25) is 4.79 Å². The molecule has 0 radical (unpaired) electrons. The summed E-state index contributed by atoms with van der Waals surface area (Å²) >= 11 is 1.69. The van der Waals surface area contributed by atoms with Gasteiger partial charge in [0.1, 0.15) is 5.75 Å². The highest BCUT2D eigenvalue weighted by Crippen LogP contribution is 2.35. The van der Waals surface area contributed by atoms with E-state index >= 15 is 0 Å². The van der Waals surface area contributed by atoms with Crippen molar-refractivity contribution in [2.24, 2.45) is 0 Å².